The molecule has 1 N–H and O–H groups in total. The summed E-state index contributed by atoms with van der Waals surface area (Å²) in [7, 11) is 4.60. The smallest absolute Gasteiger partial charge is 0.286 e. The molecular weight excluding hydrogens is 366 g/mol. The molecule has 26 heavy (non-hydrogen) atoms. The summed E-state index contributed by atoms with van der Waals surface area (Å²) in [6.07, 6.45) is 0.811. The predicted octanol–water partition coefficient (Wildman–Crippen LogP) is 1.48. The zero-order valence-corrected chi connectivity index (χ0v) is 15.8. The largest absolute Gasteiger partial charge is 0.493 e. The first-order chi connectivity index (χ1) is 12.0. The van der Waals surface area contributed by atoms with Crippen molar-refractivity contribution in [3.63, 3.8) is 0 Å². The van der Waals surface area contributed by atoms with Crippen molar-refractivity contribution in [2.75, 3.05) is 47.6 Å². The molecule has 1 fully saturated rings. The number of hydrogen-bond acceptors (Lipinski definition) is 7. The highest BCUT2D eigenvalue weighted by Gasteiger charge is 2.30. The molecule has 1 aliphatic rings. The molecule has 1 aromatic carbocycles. The van der Waals surface area contributed by atoms with Crippen molar-refractivity contribution in [1.29, 1.82) is 0 Å². The zero-order valence-electron chi connectivity index (χ0n) is 15.0. The molecule has 0 bridgehead atoms. The van der Waals surface area contributed by atoms with E-state index in [1.807, 2.05) is 0 Å². The van der Waals surface area contributed by atoms with Crippen LogP contribution in [0.25, 0.3) is 0 Å². The van der Waals surface area contributed by atoms with Crippen LogP contribution in [-0.4, -0.2) is 69.3 Å². The summed E-state index contributed by atoms with van der Waals surface area (Å²) in [6, 6.07) is 2.60. The van der Waals surface area contributed by atoms with Gasteiger partial charge in [-0.15, -0.1) is 12.4 Å². The Morgan fingerprint density at radius 2 is 2.08 bits per heavy atom. The Kier molecular flexibility index (Phi) is 8.56. The topological polar surface area (TPSA) is 103 Å². The minimum absolute atomic E-state index is 0. The van der Waals surface area contributed by atoms with Crippen LogP contribution in [0.3, 0.4) is 0 Å². The summed E-state index contributed by atoms with van der Waals surface area (Å²) in [6.45, 7) is 2.03. The van der Waals surface area contributed by atoms with Crippen LogP contribution >= 0.6 is 12.4 Å². The lowest BCUT2D eigenvalue weighted by molar-refractivity contribution is -0.385. The average molecular weight is 390 g/mol. The lowest BCUT2D eigenvalue weighted by atomic mass is 10.1. The standard InChI is InChI=1S/C16H23N3O6.ClH/c1-18(11-4-5-17-10-11)16(20)12-8-14(24-3)15(25-7-6-23-2)9-13(12)19(21)22;/h8-9,11,17H,4-7,10H2,1-3H3;1H. The number of amides is 1. The first kappa shape index (κ1) is 21.9. The van der Waals surface area contributed by atoms with Crippen LogP contribution in [-0.2, 0) is 4.74 Å². The summed E-state index contributed by atoms with van der Waals surface area (Å²) in [5.41, 5.74) is -0.327. The van der Waals surface area contributed by atoms with Gasteiger partial charge in [0.15, 0.2) is 11.5 Å². The molecular formula is C16H24ClN3O6. The molecule has 0 aliphatic carbocycles. The molecule has 1 saturated heterocycles. The van der Waals surface area contributed by atoms with Gasteiger partial charge in [-0.05, 0) is 13.0 Å². The Morgan fingerprint density at radius 3 is 2.62 bits per heavy atom. The van der Waals surface area contributed by atoms with Crippen LogP contribution in [0.1, 0.15) is 16.8 Å². The fourth-order valence-electron chi connectivity index (χ4n) is 2.70. The quantitative estimate of drug-likeness (QED) is 0.408. The molecule has 1 heterocycles. The maximum atomic E-state index is 12.8. The summed E-state index contributed by atoms with van der Waals surface area (Å²) in [4.78, 5) is 25.2. The summed E-state index contributed by atoms with van der Waals surface area (Å²) < 4.78 is 15.6. The van der Waals surface area contributed by atoms with Crippen LogP contribution in [0.15, 0.2) is 12.1 Å². The highest BCUT2D eigenvalue weighted by molar-refractivity contribution is 5.99. The number of nitrogens with one attached hydrogen (secondary N) is 1. The van der Waals surface area contributed by atoms with E-state index in [0.717, 1.165) is 13.0 Å². The first-order valence-corrected chi connectivity index (χ1v) is 7.95. The van der Waals surface area contributed by atoms with Gasteiger partial charge in [-0.1, -0.05) is 0 Å². The van der Waals surface area contributed by atoms with Crippen molar-refractivity contribution in [2.45, 2.75) is 12.5 Å². The molecule has 0 saturated carbocycles. The maximum Gasteiger partial charge on any atom is 0.286 e. The monoisotopic (exact) mass is 389 g/mol. The molecule has 0 radical (unpaired) electrons. The number of nitro benzene ring substituents is 1. The normalized spacial score (nSPS) is 15.9. The summed E-state index contributed by atoms with van der Waals surface area (Å²) in [5, 5.41) is 14.6. The van der Waals surface area contributed by atoms with Crippen LogP contribution in [0.2, 0.25) is 0 Å². The molecule has 9 nitrogen and oxygen atoms in total. The van der Waals surface area contributed by atoms with E-state index in [9.17, 15) is 14.9 Å². The fraction of sp³-hybridized carbons (Fsp3) is 0.562. The van der Waals surface area contributed by atoms with Crippen molar-refractivity contribution in [3.8, 4) is 11.5 Å². The second kappa shape index (κ2) is 10.1. The molecule has 0 aromatic heterocycles. The SMILES string of the molecule is COCCOc1cc([N+](=O)[O-])c(C(=O)N(C)C2CCNC2)cc1OC.Cl. The second-order valence-corrected chi connectivity index (χ2v) is 5.68. The first-order valence-electron chi connectivity index (χ1n) is 7.95. The van der Waals surface area contributed by atoms with Crippen molar-refractivity contribution in [3.05, 3.63) is 27.8 Å². The van der Waals surface area contributed by atoms with E-state index in [-0.39, 0.29) is 47.8 Å². The number of rotatable bonds is 8. The molecule has 146 valence electrons. The number of nitro groups is 1. The Balaban J connectivity index is 0.00000338. The Morgan fingerprint density at radius 1 is 1.35 bits per heavy atom. The van der Waals surface area contributed by atoms with Gasteiger partial charge in [0.25, 0.3) is 11.6 Å². The van der Waals surface area contributed by atoms with Gasteiger partial charge in [0, 0.05) is 32.8 Å². The average Bonchev–Trinajstić information content (AvgIpc) is 3.14. The molecule has 1 atom stereocenters. The molecule has 1 amide bonds. The highest BCUT2D eigenvalue weighted by atomic mass is 35.5. The Bertz CT molecular complexity index is 637. The minimum atomic E-state index is -0.587. The van der Waals surface area contributed by atoms with Gasteiger partial charge >= 0.3 is 0 Å². The summed E-state index contributed by atoms with van der Waals surface area (Å²) >= 11 is 0. The van der Waals surface area contributed by atoms with Gasteiger partial charge < -0.3 is 24.4 Å². The molecule has 10 heteroatoms. The van der Waals surface area contributed by atoms with Gasteiger partial charge in [-0.3, -0.25) is 14.9 Å². The van der Waals surface area contributed by atoms with Crippen molar-refractivity contribution in [1.82, 2.24) is 10.2 Å². The maximum absolute atomic E-state index is 12.8. The van der Waals surface area contributed by atoms with Crippen molar-refractivity contribution < 1.29 is 23.9 Å². The van der Waals surface area contributed by atoms with E-state index in [1.54, 1.807) is 7.05 Å². The van der Waals surface area contributed by atoms with E-state index in [2.05, 4.69) is 5.32 Å². The third-order valence-electron chi connectivity index (χ3n) is 4.16. The Labute approximate surface area is 158 Å². The third kappa shape index (κ3) is 4.96. The summed E-state index contributed by atoms with van der Waals surface area (Å²) in [5.74, 6) is 0.0538. The van der Waals surface area contributed by atoms with Gasteiger partial charge in [0.1, 0.15) is 12.2 Å². The minimum Gasteiger partial charge on any atom is -0.493 e. The van der Waals surface area contributed by atoms with Crippen LogP contribution in [0.5, 0.6) is 11.5 Å². The zero-order chi connectivity index (χ0) is 18.4. The number of nitrogens with zero attached hydrogens (tertiary/aromatic N) is 2. The van der Waals surface area contributed by atoms with Gasteiger partial charge in [0.05, 0.1) is 24.7 Å². The number of halogens is 1. The lowest BCUT2D eigenvalue weighted by Crippen LogP contribution is -2.38. The van der Waals surface area contributed by atoms with E-state index in [0.29, 0.717) is 13.2 Å². The lowest BCUT2D eigenvalue weighted by Gasteiger charge is -2.24. The van der Waals surface area contributed by atoms with Gasteiger partial charge in [-0.25, -0.2) is 0 Å². The number of benzene rings is 1. The molecule has 1 aliphatic heterocycles. The van der Waals surface area contributed by atoms with Crippen molar-refractivity contribution >= 4 is 24.0 Å². The van der Waals surface area contributed by atoms with E-state index in [1.165, 1.54) is 31.3 Å². The van der Waals surface area contributed by atoms with E-state index in [4.69, 9.17) is 14.2 Å². The Hall–Kier alpha value is -2.10. The van der Waals surface area contributed by atoms with E-state index >= 15 is 0 Å². The fourth-order valence-corrected chi connectivity index (χ4v) is 2.70. The molecule has 1 unspecified atom stereocenters. The number of carbonyl (C=O) groups excluding carboxylic acids is 1. The third-order valence-corrected chi connectivity index (χ3v) is 4.16. The molecule has 0 spiro atoms. The van der Waals surface area contributed by atoms with Crippen molar-refractivity contribution in [2.24, 2.45) is 0 Å². The van der Waals surface area contributed by atoms with E-state index < -0.39 is 10.8 Å². The second-order valence-electron chi connectivity index (χ2n) is 5.68. The van der Waals surface area contributed by atoms with Crippen LogP contribution in [0.4, 0.5) is 5.69 Å². The molecule has 2 rings (SSSR count). The predicted molar refractivity (Wildman–Crippen MR) is 97.6 cm³/mol. The number of carbonyl (C=O) groups is 1. The van der Waals surface area contributed by atoms with Gasteiger partial charge in [0.2, 0.25) is 0 Å². The highest BCUT2D eigenvalue weighted by Crippen LogP contribution is 2.35. The molecule has 1 aromatic rings. The number of ether oxygens (including phenoxy) is 3. The number of methoxy groups -OCH3 is 2. The van der Waals surface area contributed by atoms with Gasteiger partial charge in [-0.2, -0.15) is 0 Å². The van der Waals surface area contributed by atoms with Crippen LogP contribution < -0.4 is 14.8 Å². The number of likely N-dealkylation sites (N-methyl/N-ethyl adjacent to an activating group) is 1. The number of hydrogen-bond donors (Lipinski definition) is 1. The van der Waals surface area contributed by atoms with Crippen LogP contribution in [0, 0.1) is 10.1 Å².